The zero-order valence-corrected chi connectivity index (χ0v) is 38.4. The van der Waals surface area contributed by atoms with Crippen LogP contribution in [-0.2, 0) is 5.54 Å². The van der Waals surface area contributed by atoms with Crippen LogP contribution in [0.1, 0.15) is 45.1 Å². The van der Waals surface area contributed by atoms with Crippen LogP contribution in [0, 0.1) is 0 Å². The minimum absolute atomic E-state index is 0.424. The first-order valence-corrected chi connectivity index (χ1v) is 24.6. The van der Waals surface area contributed by atoms with Gasteiger partial charge >= 0.3 is 0 Å². The van der Waals surface area contributed by atoms with Crippen molar-refractivity contribution in [2.24, 2.45) is 9.98 Å². The van der Waals surface area contributed by atoms with Gasteiger partial charge in [0.1, 0.15) is 17.5 Å². The van der Waals surface area contributed by atoms with Gasteiger partial charge in [-0.2, -0.15) is 0 Å². The molecule has 2 aliphatic carbocycles. The number of anilines is 3. The van der Waals surface area contributed by atoms with E-state index in [1.54, 1.807) is 0 Å². The Balaban J connectivity index is 0.955. The van der Waals surface area contributed by atoms with E-state index < -0.39 is 11.7 Å². The van der Waals surface area contributed by atoms with Crippen LogP contribution >= 0.6 is 0 Å². The van der Waals surface area contributed by atoms with Crippen molar-refractivity contribution >= 4 is 67.4 Å². The van der Waals surface area contributed by atoms with Crippen LogP contribution in [0.25, 0.3) is 77.7 Å². The van der Waals surface area contributed by atoms with E-state index in [2.05, 4.69) is 239 Å². The molecule has 3 aliphatic heterocycles. The van der Waals surface area contributed by atoms with Gasteiger partial charge in [-0.15, -0.1) is 0 Å². The average molecular weight is 907 g/mol. The molecule has 1 aromatic heterocycles. The Hall–Kier alpha value is -9.26. The molecule has 0 bridgehead atoms. The number of benzene rings is 10. The smallest absolute Gasteiger partial charge is 0.159 e. The summed E-state index contributed by atoms with van der Waals surface area (Å²) >= 11 is 0. The predicted octanol–water partition coefficient (Wildman–Crippen LogP) is 14.9. The van der Waals surface area contributed by atoms with Crippen molar-refractivity contribution in [3.8, 4) is 39.1 Å². The quantitative estimate of drug-likeness (QED) is 0.175. The molecule has 6 heteroatoms. The van der Waals surface area contributed by atoms with Gasteiger partial charge in [0.15, 0.2) is 5.84 Å². The zero-order valence-electron chi connectivity index (χ0n) is 38.4. The minimum Gasteiger partial charge on any atom is -0.379 e. The summed E-state index contributed by atoms with van der Waals surface area (Å²) in [6.07, 6.45) is 4.12. The molecule has 0 saturated heterocycles. The molecule has 5 aliphatic rings. The number of nitrogens with one attached hydrogen (secondary N) is 2. The van der Waals surface area contributed by atoms with Crippen molar-refractivity contribution in [2.45, 2.75) is 11.7 Å². The molecule has 16 rings (SSSR count). The van der Waals surface area contributed by atoms with E-state index in [1.165, 1.54) is 77.2 Å². The van der Waals surface area contributed by atoms with E-state index in [9.17, 15) is 0 Å². The summed E-state index contributed by atoms with van der Waals surface area (Å²) < 4.78 is 2.53. The van der Waals surface area contributed by atoms with Crippen molar-refractivity contribution in [1.82, 2.24) is 9.88 Å². The molecule has 6 nitrogen and oxygen atoms in total. The number of aromatic nitrogens is 1. The van der Waals surface area contributed by atoms with Gasteiger partial charge in [-0.1, -0.05) is 188 Å². The molecule has 0 radical (unpaired) electrons. The number of aliphatic imine (C=N–C) groups is 2. The number of fused-ring (bicyclic) bond motifs is 9. The summed E-state index contributed by atoms with van der Waals surface area (Å²) in [4.78, 5) is 13.4. The summed E-state index contributed by atoms with van der Waals surface area (Å²) in [6.45, 7) is 0.706. The average Bonchev–Trinajstić information content (AvgIpc) is 4.15. The third kappa shape index (κ3) is 5.10. The molecule has 0 saturated carbocycles. The molecule has 10 aromatic carbocycles. The molecule has 2 atom stereocenters. The molecule has 11 aromatic rings. The van der Waals surface area contributed by atoms with Crippen LogP contribution in [0.4, 0.5) is 17.1 Å². The van der Waals surface area contributed by atoms with Gasteiger partial charge in [-0.05, 0) is 75.2 Å². The Morgan fingerprint density at radius 3 is 2.10 bits per heavy atom. The van der Waals surface area contributed by atoms with Crippen LogP contribution < -0.4 is 15.5 Å². The molecule has 4 heterocycles. The Bertz CT molecular complexity index is 4200. The molecule has 2 unspecified atom stereocenters. The fourth-order valence-corrected chi connectivity index (χ4v) is 13.0. The summed E-state index contributed by atoms with van der Waals surface area (Å²) in [5, 5.41) is 12.9. The molecule has 332 valence electrons. The predicted molar refractivity (Wildman–Crippen MR) is 292 cm³/mol. The second-order valence-electron chi connectivity index (χ2n) is 19.2. The summed E-state index contributed by atoms with van der Waals surface area (Å²) in [6, 6.07) is 77.4. The van der Waals surface area contributed by atoms with Crippen LogP contribution in [-0.4, -0.2) is 22.8 Å². The fraction of sp³-hybridized carbons (Fsp3) is 0.0462. The van der Waals surface area contributed by atoms with Gasteiger partial charge in [0.2, 0.25) is 0 Å². The highest BCUT2D eigenvalue weighted by Crippen LogP contribution is 2.72. The number of hydrogen-bond donors (Lipinski definition) is 2. The molecule has 71 heavy (non-hydrogen) atoms. The number of rotatable bonds is 6. The number of hydrogen-bond acceptors (Lipinski definition) is 5. The van der Waals surface area contributed by atoms with Gasteiger partial charge in [-0.25, -0.2) is 9.98 Å². The topological polar surface area (TPSA) is 57.0 Å². The molecule has 2 N–H and O–H groups in total. The maximum Gasteiger partial charge on any atom is 0.159 e. The van der Waals surface area contributed by atoms with E-state index in [0.717, 1.165) is 56.3 Å². The van der Waals surface area contributed by atoms with Gasteiger partial charge in [0.05, 0.1) is 28.1 Å². The lowest BCUT2D eigenvalue weighted by Crippen LogP contribution is -2.40. The summed E-state index contributed by atoms with van der Waals surface area (Å²) in [5.74, 6) is 1.49. The van der Waals surface area contributed by atoms with Crippen LogP contribution in [0.15, 0.2) is 228 Å². The first-order valence-electron chi connectivity index (χ1n) is 24.6. The zero-order chi connectivity index (χ0) is 46.4. The van der Waals surface area contributed by atoms with Crippen molar-refractivity contribution in [1.29, 1.82) is 0 Å². The third-order valence-corrected chi connectivity index (χ3v) is 15.7. The largest absolute Gasteiger partial charge is 0.379 e. The lowest BCUT2D eigenvalue weighted by atomic mass is 9.82. The number of amidine groups is 2. The highest BCUT2D eigenvalue weighted by Gasteiger charge is 2.61. The molecule has 0 amide bonds. The van der Waals surface area contributed by atoms with Gasteiger partial charge < -0.3 is 20.1 Å². The van der Waals surface area contributed by atoms with E-state index in [4.69, 9.17) is 9.98 Å². The molecule has 1 spiro atoms. The minimum atomic E-state index is -0.643. The first-order chi connectivity index (χ1) is 35.3. The van der Waals surface area contributed by atoms with E-state index in [1.807, 2.05) is 6.07 Å². The first kappa shape index (κ1) is 38.7. The highest BCUT2D eigenvalue weighted by atomic mass is 15.3. The molecular weight excluding hydrogens is 865 g/mol. The van der Waals surface area contributed by atoms with Crippen molar-refractivity contribution < 1.29 is 0 Å². The Morgan fingerprint density at radius 1 is 0.535 bits per heavy atom. The fourth-order valence-electron chi connectivity index (χ4n) is 13.0. The summed E-state index contributed by atoms with van der Waals surface area (Å²) in [5.41, 5.74) is 22.2. The lowest BCUT2D eigenvalue weighted by Gasteiger charge is -2.40. The van der Waals surface area contributed by atoms with E-state index in [-0.39, 0.29) is 0 Å². The van der Waals surface area contributed by atoms with E-state index in [0.29, 0.717) is 12.4 Å². The highest BCUT2D eigenvalue weighted by molar-refractivity contribution is 6.32. The Labute approximate surface area is 410 Å². The molecule has 0 fully saturated rings. The normalized spacial score (nSPS) is 17.5. The third-order valence-electron chi connectivity index (χ3n) is 15.7. The maximum absolute atomic E-state index is 5.49. The van der Waals surface area contributed by atoms with Gasteiger partial charge in [0.25, 0.3) is 0 Å². The lowest BCUT2D eigenvalue weighted by molar-refractivity contribution is 0.669. The number of nitrogens with zero attached hydrogens (tertiary/aromatic N) is 4. The monoisotopic (exact) mass is 906 g/mol. The maximum atomic E-state index is 5.49. The Kier molecular flexibility index (Phi) is 7.84. The summed E-state index contributed by atoms with van der Waals surface area (Å²) in [7, 11) is 0. The van der Waals surface area contributed by atoms with Gasteiger partial charge in [-0.3, -0.25) is 0 Å². The van der Waals surface area contributed by atoms with Crippen molar-refractivity contribution in [3.05, 3.63) is 257 Å². The van der Waals surface area contributed by atoms with Crippen LogP contribution in [0.3, 0.4) is 0 Å². The standard InChI is InChI=1S/C65H42N6/c1-4-18-39(19-5-1)41-22-14-23-42(38-41)63-67-62(40-20-6-2-7-21-40)68-64(69-63)47-35-36-54(60-46(47)31-17-37-66-60)71-53-34-16-29-49-55-48-27-11-13-33-52(48)70(43-24-8-3-9-25-43)61(55)57-50-30-15-28-45-44-26-10-12-32-51(44)65(71,58(45)50)59(57)56(49)53/h1-36,38,64,66H,37H2,(H,67,68,69). The second-order valence-corrected chi connectivity index (χ2v) is 19.2. The van der Waals surface area contributed by atoms with Crippen molar-refractivity contribution in [3.63, 3.8) is 0 Å². The van der Waals surface area contributed by atoms with Crippen LogP contribution in [0.2, 0.25) is 0 Å². The van der Waals surface area contributed by atoms with E-state index >= 15 is 0 Å². The second kappa shape index (κ2) is 14.4. The number of para-hydroxylation sites is 2. The van der Waals surface area contributed by atoms with Gasteiger partial charge in [0, 0.05) is 67.3 Å². The molecular formula is C65H42N6. The Morgan fingerprint density at radius 2 is 1.23 bits per heavy atom. The SMILES string of the molecule is C1=Cc2c(C3N=C(c4cccc(-c5ccccc5)c4)N=C(c4ccccc4)N3)ccc(N3c4cccc5c4c4c(c6c5c5ccccc5n6-c5ccccc5)-c5cccc6c5C43c3ccccc3-6)c2NC1. The van der Waals surface area contributed by atoms with Crippen molar-refractivity contribution in [2.75, 3.05) is 16.8 Å². The van der Waals surface area contributed by atoms with Crippen LogP contribution in [0.5, 0.6) is 0 Å².